The predicted octanol–water partition coefficient (Wildman–Crippen LogP) is 0.0570. The summed E-state index contributed by atoms with van der Waals surface area (Å²) in [7, 11) is 0. The molecule has 0 saturated heterocycles. The highest BCUT2D eigenvalue weighted by atomic mass is 16.5. The van der Waals surface area contributed by atoms with E-state index < -0.39 is 6.10 Å². The van der Waals surface area contributed by atoms with Crippen molar-refractivity contribution in [1.29, 1.82) is 0 Å². The molecule has 0 bridgehead atoms. The molecule has 0 fully saturated rings. The summed E-state index contributed by atoms with van der Waals surface area (Å²) in [5.41, 5.74) is 0. The summed E-state index contributed by atoms with van der Waals surface area (Å²) in [6.07, 6.45) is 2.99. The molecule has 0 aromatic heterocycles. The topological polar surface area (TPSA) is 43.4 Å². The molecule has 0 saturated carbocycles. The van der Waals surface area contributed by atoms with Gasteiger partial charge in [0.2, 0.25) is 0 Å². The maximum absolute atomic E-state index is 9.99. The molecule has 0 radical (unpaired) electrons. The fourth-order valence-corrected chi connectivity index (χ4v) is 0.663. The van der Waals surface area contributed by atoms with Gasteiger partial charge in [0.15, 0.2) is 24.4 Å². The van der Waals surface area contributed by atoms with Crippen LogP contribution in [0, 0.1) is 0 Å². The molecule has 0 amide bonds. The molecule has 9 heavy (non-hydrogen) atoms. The number of carbonyl (C=O) groups excluding carboxylic acids is 2. The lowest BCUT2D eigenvalue weighted by Gasteiger charge is -1.99. The first-order chi connectivity index (χ1) is 4.36. The number of ether oxygens (including phenoxy) is 1. The quantitative estimate of drug-likeness (QED) is 0.491. The standard InChI is InChI=1S/C6H6O3/c7-3-5-1-2-6(4-8)9-5/h1,3-4,6H,2H2. The zero-order valence-electron chi connectivity index (χ0n) is 4.74. The molecule has 48 valence electrons. The molecule has 0 N–H and O–H groups in total. The minimum Gasteiger partial charge on any atom is -0.480 e. The van der Waals surface area contributed by atoms with E-state index in [-0.39, 0.29) is 5.76 Å². The third-order valence-electron chi connectivity index (χ3n) is 1.11. The fourth-order valence-electron chi connectivity index (χ4n) is 0.663. The predicted molar refractivity (Wildman–Crippen MR) is 29.7 cm³/mol. The number of hydrogen-bond acceptors (Lipinski definition) is 3. The van der Waals surface area contributed by atoms with Gasteiger partial charge in [0.1, 0.15) is 0 Å². The van der Waals surface area contributed by atoms with E-state index in [0.29, 0.717) is 19.0 Å². The number of allylic oxidation sites excluding steroid dienone is 1. The van der Waals surface area contributed by atoms with Crippen molar-refractivity contribution in [2.24, 2.45) is 0 Å². The Morgan fingerprint density at radius 2 is 2.44 bits per heavy atom. The molecule has 1 atom stereocenters. The minimum absolute atomic E-state index is 0.270. The van der Waals surface area contributed by atoms with E-state index in [1.165, 1.54) is 0 Å². The Morgan fingerprint density at radius 1 is 1.67 bits per heavy atom. The van der Waals surface area contributed by atoms with E-state index in [1.54, 1.807) is 6.08 Å². The number of aldehydes is 2. The van der Waals surface area contributed by atoms with Crippen LogP contribution in [0.3, 0.4) is 0 Å². The van der Waals surface area contributed by atoms with Gasteiger partial charge in [0.05, 0.1) is 0 Å². The lowest BCUT2D eigenvalue weighted by atomic mass is 10.3. The van der Waals surface area contributed by atoms with Crippen molar-refractivity contribution in [2.45, 2.75) is 12.5 Å². The summed E-state index contributed by atoms with van der Waals surface area (Å²) in [5, 5.41) is 0. The summed E-state index contributed by atoms with van der Waals surface area (Å²) in [5.74, 6) is 0.270. The summed E-state index contributed by atoms with van der Waals surface area (Å²) < 4.78 is 4.78. The Balaban J connectivity index is 2.48. The molecular weight excluding hydrogens is 120 g/mol. The molecule has 1 aliphatic rings. The van der Waals surface area contributed by atoms with E-state index >= 15 is 0 Å². The minimum atomic E-state index is -0.426. The first-order valence-electron chi connectivity index (χ1n) is 2.64. The summed E-state index contributed by atoms with van der Waals surface area (Å²) in [6.45, 7) is 0. The highest BCUT2D eigenvalue weighted by Crippen LogP contribution is 2.12. The van der Waals surface area contributed by atoms with E-state index in [4.69, 9.17) is 4.74 Å². The number of hydrogen-bond donors (Lipinski definition) is 0. The molecule has 0 spiro atoms. The van der Waals surface area contributed by atoms with Gasteiger partial charge in [-0.3, -0.25) is 9.59 Å². The molecule has 3 nitrogen and oxygen atoms in total. The van der Waals surface area contributed by atoms with Crippen LogP contribution in [0.25, 0.3) is 0 Å². The van der Waals surface area contributed by atoms with E-state index in [2.05, 4.69) is 0 Å². The van der Waals surface area contributed by atoms with Gasteiger partial charge >= 0.3 is 0 Å². The zero-order valence-corrected chi connectivity index (χ0v) is 4.74. The smallest absolute Gasteiger partial charge is 0.184 e. The molecule has 0 aliphatic carbocycles. The Hall–Kier alpha value is -1.12. The monoisotopic (exact) mass is 126 g/mol. The third kappa shape index (κ3) is 1.16. The van der Waals surface area contributed by atoms with Gasteiger partial charge in [-0.25, -0.2) is 0 Å². The van der Waals surface area contributed by atoms with Crippen LogP contribution >= 0.6 is 0 Å². The third-order valence-corrected chi connectivity index (χ3v) is 1.11. The van der Waals surface area contributed by atoms with E-state index in [1.807, 2.05) is 0 Å². The van der Waals surface area contributed by atoms with E-state index in [0.717, 1.165) is 0 Å². The van der Waals surface area contributed by atoms with Crippen LogP contribution in [-0.2, 0) is 14.3 Å². The van der Waals surface area contributed by atoms with Crippen molar-refractivity contribution in [1.82, 2.24) is 0 Å². The van der Waals surface area contributed by atoms with Crippen LogP contribution in [0.5, 0.6) is 0 Å². The largest absolute Gasteiger partial charge is 0.480 e. The van der Waals surface area contributed by atoms with Crippen LogP contribution in [0.2, 0.25) is 0 Å². The molecule has 1 rings (SSSR count). The molecule has 1 unspecified atom stereocenters. The van der Waals surface area contributed by atoms with Crippen LogP contribution in [0.4, 0.5) is 0 Å². The van der Waals surface area contributed by atoms with Gasteiger partial charge in [-0.2, -0.15) is 0 Å². The summed E-state index contributed by atoms with van der Waals surface area (Å²) in [6, 6.07) is 0. The maximum atomic E-state index is 9.99. The molecule has 1 heterocycles. The summed E-state index contributed by atoms with van der Waals surface area (Å²) in [4.78, 5) is 20.0. The van der Waals surface area contributed by atoms with Gasteiger partial charge < -0.3 is 4.74 Å². The summed E-state index contributed by atoms with van der Waals surface area (Å²) >= 11 is 0. The Kier molecular flexibility index (Phi) is 1.63. The van der Waals surface area contributed by atoms with Gasteiger partial charge in [0.25, 0.3) is 0 Å². The van der Waals surface area contributed by atoms with E-state index in [9.17, 15) is 9.59 Å². The molecule has 1 aliphatic heterocycles. The second kappa shape index (κ2) is 2.44. The van der Waals surface area contributed by atoms with Crippen molar-refractivity contribution in [3.8, 4) is 0 Å². The highest BCUT2D eigenvalue weighted by Gasteiger charge is 2.15. The fraction of sp³-hybridized carbons (Fsp3) is 0.333. The van der Waals surface area contributed by atoms with Crippen LogP contribution in [0.15, 0.2) is 11.8 Å². The molecule has 0 aromatic carbocycles. The molecule has 0 aromatic rings. The average molecular weight is 126 g/mol. The van der Waals surface area contributed by atoms with Crippen molar-refractivity contribution < 1.29 is 14.3 Å². The maximum Gasteiger partial charge on any atom is 0.184 e. The average Bonchev–Trinajstić information content (AvgIpc) is 2.34. The second-order valence-electron chi connectivity index (χ2n) is 1.75. The van der Waals surface area contributed by atoms with Crippen LogP contribution in [0.1, 0.15) is 6.42 Å². The molecular formula is C6H6O3. The number of carbonyl (C=O) groups is 2. The normalized spacial score (nSPS) is 24.4. The number of rotatable bonds is 2. The van der Waals surface area contributed by atoms with Crippen molar-refractivity contribution >= 4 is 12.6 Å². The Labute approximate surface area is 52.3 Å². The van der Waals surface area contributed by atoms with Gasteiger partial charge in [-0.15, -0.1) is 0 Å². The Morgan fingerprint density at radius 3 is 2.78 bits per heavy atom. The van der Waals surface area contributed by atoms with Gasteiger partial charge in [0, 0.05) is 6.42 Å². The second-order valence-corrected chi connectivity index (χ2v) is 1.75. The first-order valence-corrected chi connectivity index (χ1v) is 2.64. The van der Waals surface area contributed by atoms with Gasteiger partial charge in [-0.05, 0) is 6.08 Å². The first kappa shape index (κ1) is 6.01. The lowest BCUT2D eigenvalue weighted by molar-refractivity contribution is -0.116. The van der Waals surface area contributed by atoms with Crippen molar-refractivity contribution in [3.05, 3.63) is 11.8 Å². The lowest BCUT2D eigenvalue weighted by Crippen LogP contribution is -2.06. The van der Waals surface area contributed by atoms with Crippen LogP contribution in [-0.4, -0.2) is 18.7 Å². The Bertz CT molecular complexity index is 160. The highest BCUT2D eigenvalue weighted by molar-refractivity contribution is 5.72. The SMILES string of the molecule is O=CC1=CCC(C=O)O1. The van der Waals surface area contributed by atoms with Crippen molar-refractivity contribution in [2.75, 3.05) is 0 Å². The van der Waals surface area contributed by atoms with Crippen LogP contribution < -0.4 is 0 Å². The van der Waals surface area contributed by atoms with Crippen molar-refractivity contribution in [3.63, 3.8) is 0 Å². The molecule has 3 heteroatoms. The zero-order chi connectivity index (χ0) is 6.69. The van der Waals surface area contributed by atoms with Gasteiger partial charge in [-0.1, -0.05) is 0 Å².